The highest BCUT2D eigenvalue weighted by atomic mass is 16.5. The van der Waals surface area contributed by atoms with Crippen LogP contribution in [0, 0.1) is 5.92 Å². The van der Waals surface area contributed by atoms with Crippen molar-refractivity contribution in [1.82, 2.24) is 5.32 Å². The van der Waals surface area contributed by atoms with Gasteiger partial charge in [0.2, 0.25) is 0 Å². The van der Waals surface area contributed by atoms with Gasteiger partial charge in [-0.1, -0.05) is 0 Å². The summed E-state index contributed by atoms with van der Waals surface area (Å²) in [5.74, 6) is 0.663. The maximum absolute atomic E-state index is 12.3. The van der Waals surface area contributed by atoms with Crippen LogP contribution in [0.2, 0.25) is 0 Å². The first-order valence-corrected chi connectivity index (χ1v) is 6.90. The number of methoxy groups -OCH3 is 2. The molecule has 1 amide bonds. The third-order valence-electron chi connectivity index (χ3n) is 3.84. The van der Waals surface area contributed by atoms with Crippen LogP contribution in [0.4, 0.5) is 0 Å². The fourth-order valence-corrected chi connectivity index (χ4v) is 2.62. The lowest BCUT2D eigenvalue weighted by Gasteiger charge is -2.14. The van der Waals surface area contributed by atoms with E-state index >= 15 is 0 Å². The van der Waals surface area contributed by atoms with E-state index in [2.05, 4.69) is 5.32 Å². The number of hydrogen-bond acceptors (Lipinski definition) is 5. The van der Waals surface area contributed by atoms with Crippen molar-refractivity contribution in [2.24, 2.45) is 5.92 Å². The van der Waals surface area contributed by atoms with E-state index in [9.17, 15) is 9.90 Å². The highest BCUT2D eigenvalue weighted by molar-refractivity contribution is 5.95. The summed E-state index contributed by atoms with van der Waals surface area (Å²) < 4.78 is 10.3. The molecule has 3 atom stereocenters. The molecule has 0 aliphatic heterocycles. The number of benzene rings is 1. The predicted molar refractivity (Wildman–Crippen MR) is 76.6 cm³/mol. The highest BCUT2D eigenvalue weighted by Gasteiger charge is 2.33. The van der Waals surface area contributed by atoms with Crippen LogP contribution in [0.3, 0.4) is 0 Å². The molecule has 0 saturated heterocycles. The second-order valence-electron chi connectivity index (χ2n) is 5.25. The zero-order valence-corrected chi connectivity index (χ0v) is 12.2. The normalized spacial score (nSPS) is 24.7. The van der Waals surface area contributed by atoms with Crippen molar-refractivity contribution in [2.45, 2.75) is 25.0 Å². The number of rotatable bonds is 5. The average molecular weight is 295 g/mol. The first-order chi connectivity index (χ1) is 10.1. The van der Waals surface area contributed by atoms with Crippen LogP contribution in [-0.4, -0.2) is 49.1 Å². The van der Waals surface area contributed by atoms with Gasteiger partial charge in [-0.3, -0.25) is 4.79 Å². The number of aliphatic hydroxyl groups is 2. The van der Waals surface area contributed by atoms with Gasteiger partial charge in [0.15, 0.2) is 0 Å². The second kappa shape index (κ2) is 6.78. The maximum Gasteiger partial charge on any atom is 0.251 e. The summed E-state index contributed by atoms with van der Waals surface area (Å²) >= 11 is 0. The average Bonchev–Trinajstić information content (AvgIpc) is 2.86. The van der Waals surface area contributed by atoms with Crippen LogP contribution in [0.25, 0.3) is 0 Å². The molecule has 1 aliphatic rings. The van der Waals surface area contributed by atoms with Crippen LogP contribution in [0.1, 0.15) is 23.2 Å². The molecule has 0 radical (unpaired) electrons. The van der Waals surface area contributed by atoms with Gasteiger partial charge in [0.1, 0.15) is 11.5 Å². The van der Waals surface area contributed by atoms with Crippen LogP contribution in [0.15, 0.2) is 18.2 Å². The molecule has 0 bridgehead atoms. The molecule has 1 aromatic rings. The molecule has 2 rings (SSSR count). The third-order valence-corrected chi connectivity index (χ3v) is 3.84. The molecule has 1 fully saturated rings. The summed E-state index contributed by atoms with van der Waals surface area (Å²) in [5.41, 5.74) is 0.438. The molecule has 116 valence electrons. The van der Waals surface area contributed by atoms with Crippen molar-refractivity contribution >= 4 is 5.91 Å². The molecule has 6 nitrogen and oxygen atoms in total. The van der Waals surface area contributed by atoms with Crippen LogP contribution in [-0.2, 0) is 0 Å². The SMILES string of the molecule is COc1cc(OC)cc(C(=O)N[C@H]2C[C@H](CO)[C@H](O)C2)c1. The van der Waals surface area contributed by atoms with Gasteiger partial charge in [-0.05, 0) is 25.0 Å². The number of carbonyl (C=O) groups is 1. The first-order valence-electron chi connectivity index (χ1n) is 6.90. The van der Waals surface area contributed by atoms with Crippen LogP contribution < -0.4 is 14.8 Å². The van der Waals surface area contributed by atoms with Gasteiger partial charge in [0, 0.05) is 30.2 Å². The Morgan fingerprint density at radius 1 is 1.24 bits per heavy atom. The van der Waals surface area contributed by atoms with E-state index in [1.807, 2.05) is 0 Å². The Morgan fingerprint density at radius 2 is 1.86 bits per heavy atom. The Kier molecular flexibility index (Phi) is 5.03. The molecule has 0 heterocycles. The topological polar surface area (TPSA) is 88.0 Å². The molecule has 0 unspecified atom stereocenters. The van der Waals surface area contributed by atoms with Gasteiger partial charge in [0.25, 0.3) is 5.91 Å². The standard InChI is InChI=1S/C15H21NO5/c1-20-12-4-9(5-13(7-12)21-2)15(19)16-11-3-10(8-17)14(18)6-11/h4-5,7,10-11,14,17-18H,3,6,8H2,1-2H3,(H,16,19)/t10-,11+,14-/m1/s1. The largest absolute Gasteiger partial charge is 0.497 e. The summed E-state index contributed by atoms with van der Waals surface area (Å²) in [6, 6.07) is 4.82. The van der Waals surface area contributed by atoms with E-state index in [0.717, 1.165) is 0 Å². The van der Waals surface area contributed by atoms with Crippen molar-refractivity contribution in [2.75, 3.05) is 20.8 Å². The minimum absolute atomic E-state index is 0.0689. The van der Waals surface area contributed by atoms with E-state index in [-0.39, 0.29) is 24.5 Å². The maximum atomic E-state index is 12.3. The molecule has 1 aliphatic carbocycles. The van der Waals surface area contributed by atoms with Gasteiger partial charge in [0.05, 0.1) is 20.3 Å². The summed E-state index contributed by atoms with van der Waals surface area (Å²) in [5, 5.41) is 21.8. The summed E-state index contributed by atoms with van der Waals surface area (Å²) in [6.45, 7) is -0.0689. The fraction of sp³-hybridized carbons (Fsp3) is 0.533. The third kappa shape index (κ3) is 3.65. The lowest BCUT2D eigenvalue weighted by atomic mass is 10.1. The number of nitrogens with one attached hydrogen (secondary N) is 1. The van der Waals surface area contributed by atoms with Crippen molar-refractivity contribution in [3.63, 3.8) is 0 Å². The van der Waals surface area contributed by atoms with E-state index in [4.69, 9.17) is 14.6 Å². The molecule has 3 N–H and O–H groups in total. The number of carbonyl (C=O) groups excluding carboxylic acids is 1. The summed E-state index contributed by atoms with van der Waals surface area (Å²) in [7, 11) is 3.05. The molecule has 21 heavy (non-hydrogen) atoms. The molecular formula is C15H21NO5. The van der Waals surface area contributed by atoms with E-state index < -0.39 is 6.10 Å². The summed E-state index contributed by atoms with van der Waals surface area (Å²) in [6.07, 6.45) is 0.461. The van der Waals surface area contributed by atoms with Gasteiger partial charge in [-0.15, -0.1) is 0 Å². The molecule has 0 aromatic heterocycles. The molecule has 6 heteroatoms. The molecular weight excluding hydrogens is 274 g/mol. The van der Waals surface area contributed by atoms with Crippen molar-refractivity contribution in [1.29, 1.82) is 0 Å². The number of amides is 1. The zero-order chi connectivity index (χ0) is 15.4. The molecule has 1 aromatic carbocycles. The van der Waals surface area contributed by atoms with E-state index in [0.29, 0.717) is 29.9 Å². The number of aliphatic hydroxyl groups excluding tert-OH is 2. The van der Waals surface area contributed by atoms with Gasteiger partial charge >= 0.3 is 0 Å². The van der Waals surface area contributed by atoms with Crippen LogP contribution >= 0.6 is 0 Å². The Labute approximate surface area is 123 Å². The fourth-order valence-electron chi connectivity index (χ4n) is 2.62. The quantitative estimate of drug-likeness (QED) is 0.739. The number of hydrogen-bond donors (Lipinski definition) is 3. The van der Waals surface area contributed by atoms with Crippen LogP contribution in [0.5, 0.6) is 11.5 Å². The predicted octanol–water partition coefficient (Wildman–Crippen LogP) is 0.565. The lowest BCUT2D eigenvalue weighted by molar-refractivity contribution is 0.0903. The smallest absolute Gasteiger partial charge is 0.251 e. The Bertz CT molecular complexity index is 483. The Morgan fingerprint density at radius 3 is 2.33 bits per heavy atom. The van der Waals surface area contributed by atoms with Gasteiger partial charge < -0.3 is 25.0 Å². The summed E-state index contributed by atoms with van der Waals surface area (Å²) in [4.78, 5) is 12.3. The Hall–Kier alpha value is -1.79. The highest BCUT2D eigenvalue weighted by Crippen LogP contribution is 2.27. The lowest BCUT2D eigenvalue weighted by Crippen LogP contribution is -2.33. The minimum Gasteiger partial charge on any atom is -0.497 e. The monoisotopic (exact) mass is 295 g/mol. The molecule has 0 spiro atoms. The van der Waals surface area contributed by atoms with E-state index in [1.54, 1.807) is 18.2 Å². The van der Waals surface area contributed by atoms with E-state index in [1.165, 1.54) is 14.2 Å². The van der Waals surface area contributed by atoms with Gasteiger partial charge in [-0.25, -0.2) is 0 Å². The second-order valence-corrected chi connectivity index (χ2v) is 5.25. The Balaban J connectivity index is 2.07. The van der Waals surface area contributed by atoms with Crippen molar-refractivity contribution in [3.05, 3.63) is 23.8 Å². The molecule has 1 saturated carbocycles. The van der Waals surface area contributed by atoms with Gasteiger partial charge in [-0.2, -0.15) is 0 Å². The van der Waals surface area contributed by atoms with Crippen molar-refractivity contribution in [3.8, 4) is 11.5 Å². The first kappa shape index (κ1) is 15.6. The van der Waals surface area contributed by atoms with Crippen molar-refractivity contribution < 1.29 is 24.5 Å². The minimum atomic E-state index is -0.569. The zero-order valence-electron chi connectivity index (χ0n) is 12.2. The number of ether oxygens (including phenoxy) is 2.